The predicted molar refractivity (Wildman–Crippen MR) is 77.7 cm³/mol. The Morgan fingerprint density at radius 1 is 1.16 bits per heavy atom. The van der Waals surface area contributed by atoms with E-state index in [2.05, 4.69) is 15.9 Å². The third-order valence-electron chi connectivity index (χ3n) is 2.56. The molecule has 2 rings (SSSR count). The zero-order valence-electron chi connectivity index (χ0n) is 9.88. The number of carbonyl (C=O) groups is 1. The van der Waals surface area contributed by atoms with Crippen molar-refractivity contribution >= 4 is 32.7 Å². The van der Waals surface area contributed by atoms with Crippen LogP contribution in [-0.4, -0.2) is 15.3 Å². The van der Waals surface area contributed by atoms with Crippen LogP contribution in [0.2, 0.25) is 0 Å². The molecule has 0 aliphatic heterocycles. The van der Waals surface area contributed by atoms with E-state index in [1.165, 1.54) is 12.1 Å². The summed E-state index contributed by atoms with van der Waals surface area (Å²) >= 11 is 3.34. The Bertz CT molecular complexity index is 623. The molecule has 0 spiro atoms. The summed E-state index contributed by atoms with van der Waals surface area (Å²) in [5, 5.41) is 8.80. The summed E-state index contributed by atoms with van der Waals surface area (Å²) in [5.74, 6) is -0.587. The highest BCUT2D eigenvalue weighted by atomic mass is 79.9. The number of hydrogen-bond acceptors (Lipinski definition) is 2. The van der Waals surface area contributed by atoms with Gasteiger partial charge in [0.15, 0.2) is 0 Å². The van der Waals surface area contributed by atoms with Crippen molar-refractivity contribution in [1.29, 1.82) is 0 Å². The molecule has 1 unspecified atom stereocenters. The van der Waals surface area contributed by atoms with Gasteiger partial charge in [-0.05, 0) is 35.9 Å². The third kappa shape index (κ3) is 3.75. The highest BCUT2D eigenvalue weighted by molar-refractivity contribution is 9.10. The maximum absolute atomic E-state index is 12.2. The van der Waals surface area contributed by atoms with Gasteiger partial charge in [0.2, 0.25) is 0 Å². The summed E-state index contributed by atoms with van der Waals surface area (Å²) in [6.07, 6.45) is 0. The van der Waals surface area contributed by atoms with Gasteiger partial charge in [-0.1, -0.05) is 34.1 Å². The van der Waals surface area contributed by atoms with Gasteiger partial charge < -0.3 is 5.11 Å². The Kier molecular flexibility index (Phi) is 4.50. The number of hydrogen-bond donors (Lipinski definition) is 1. The van der Waals surface area contributed by atoms with E-state index in [0.29, 0.717) is 5.75 Å². The normalized spacial score (nSPS) is 12.1. The lowest BCUT2D eigenvalue weighted by molar-refractivity contribution is 0.0697. The quantitative estimate of drug-likeness (QED) is 0.928. The van der Waals surface area contributed by atoms with E-state index in [-0.39, 0.29) is 5.56 Å². The van der Waals surface area contributed by atoms with Crippen molar-refractivity contribution in [2.24, 2.45) is 0 Å². The van der Waals surface area contributed by atoms with Crippen LogP contribution in [0.3, 0.4) is 0 Å². The molecule has 0 saturated carbocycles. The lowest BCUT2D eigenvalue weighted by Crippen LogP contribution is -1.99. The first-order valence-electron chi connectivity index (χ1n) is 5.52. The Balaban J connectivity index is 2.13. The summed E-state index contributed by atoms with van der Waals surface area (Å²) in [4.78, 5) is 11.5. The Hall–Kier alpha value is -1.46. The smallest absolute Gasteiger partial charge is 0.335 e. The van der Waals surface area contributed by atoms with Crippen LogP contribution in [0.1, 0.15) is 15.9 Å². The minimum atomic E-state index is -1.14. The minimum Gasteiger partial charge on any atom is -0.478 e. The van der Waals surface area contributed by atoms with Crippen LogP contribution < -0.4 is 0 Å². The number of carboxylic acid groups (broad SMARTS) is 1. The summed E-state index contributed by atoms with van der Waals surface area (Å²) < 4.78 is 13.0. The number of benzene rings is 2. The lowest BCUT2D eigenvalue weighted by atomic mass is 10.1. The van der Waals surface area contributed by atoms with Crippen molar-refractivity contribution in [2.75, 3.05) is 0 Å². The second-order valence-corrected chi connectivity index (χ2v) is 6.32. The molecule has 2 aromatic rings. The molecule has 0 amide bonds. The SMILES string of the molecule is O=C(O)c1ccc(CS(=O)c2cccc(Br)c2)cc1. The predicted octanol–water partition coefficient (Wildman–Crippen LogP) is 3.46. The molecule has 0 aromatic heterocycles. The van der Waals surface area contributed by atoms with E-state index in [9.17, 15) is 9.00 Å². The zero-order valence-corrected chi connectivity index (χ0v) is 12.3. The van der Waals surface area contributed by atoms with E-state index in [1.807, 2.05) is 24.3 Å². The first-order chi connectivity index (χ1) is 9.06. The van der Waals surface area contributed by atoms with Gasteiger partial charge in [0, 0.05) is 9.37 Å². The summed E-state index contributed by atoms with van der Waals surface area (Å²) in [6, 6.07) is 13.8. The molecule has 5 heteroatoms. The molecule has 0 saturated heterocycles. The van der Waals surface area contributed by atoms with Gasteiger partial charge in [-0.25, -0.2) is 4.79 Å². The Morgan fingerprint density at radius 2 is 1.84 bits per heavy atom. The highest BCUT2D eigenvalue weighted by Gasteiger charge is 2.07. The number of carboxylic acids is 1. The van der Waals surface area contributed by atoms with E-state index < -0.39 is 16.8 Å². The van der Waals surface area contributed by atoms with Crippen LogP contribution >= 0.6 is 15.9 Å². The second kappa shape index (κ2) is 6.12. The maximum atomic E-state index is 12.2. The van der Waals surface area contributed by atoms with Gasteiger partial charge in [-0.2, -0.15) is 0 Å². The van der Waals surface area contributed by atoms with Gasteiger partial charge in [0.25, 0.3) is 0 Å². The molecule has 0 aliphatic rings. The van der Waals surface area contributed by atoms with Gasteiger partial charge >= 0.3 is 5.97 Å². The average molecular weight is 339 g/mol. The van der Waals surface area contributed by atoms with Crippen LogP contribution in [0.5, 0.6) is 0 Å². The molecule has 1 N–H and O–H groups in total. The average Bonchev–Trinajstić information content (AvgIpc) is 2.39. The van der Waals surface area contributed by atoms with Crippen molar-refractivity contribution in [3.8, 4) is 0 Å². The minimum absolute atomic E-state index is 0.233. The Morgan fingerprint density at radius 3 is 2.42 bits per heavy atom. The zero-order chi connectivity index (χ0) is 13.8. The van der Waals surface area contributed by atoms with E-state index in [4.69, 9.17) is 5.11 Å². The van der Waals surface area contributed by atoms with Gasteiger partial charge in [0.05, 0.1) is 22.1 Å². The molecule has 3 nitrogen and oxygen atoms in total. The second-order valence-electron chi connectivity index (χ2n) is 3.95. The fraction of sp³-hybridized carbons (Fsp3) is 0.0714. The fourth-order valence-electron chi connectivity index (χ4n) is 1.59. The molecule has 19 heavy (non-hydrogen) atoms. The number of aromatic carboxylic acids is 1. The van der Waals surface area contributed by atoms with Crippen LogP contribution in [0.4, 0.5) is 0 Å². The lowest BCUT2D eigenvalue weighted by Gasteiger charge is -2.04. The fourth-order valence-corrected chi connectivity index (χ4v) is 3.29. The van der Waals surface area contributed by atoms with Crippen LogP contribution in [0.15, 0.2) is 57.9 Å². The van der Waals surface area contributed by atoms with Crippen LogP contribution in [0.25, 0.3) is 0 Å². The molecule has 0 heterocycles. The molecular weight excluding hydrogens is 328 g/mol. The molecule has 1 atom stereocenters. The number of halogens is 1. The highest BCUT2D eigenvalue weighted by Crippen LogP contribution is 2.17. The summed E-state index contributed by atoms with van der Waals surface area (Å²) in [6.45, 7) is 0. The maximum Gasteiger partial charge on any atom is 0.335 e. The summed E-state index contributed by atoms with van der Waals surface area (Å²) in [7, 11) is -1.14. The van der Waals surface area contributed by atoms with Gasteiger partial charge in [-0.3, -0.25) is 4.21 Å². The molecule has 0 fully saturated rings. The van der Waals surface area contributed by atoms with Crippen molar-refractivity contribution in [3.63, 3.8) is 0 Å². The third-order valence-corrected chi connectivity index (χ3v) is 4.43. The van der Waals surface area contributed by atoms with Gasteiger partial charge in [0.1, 0.15) is 0 Å². The van der Waals surface area contributed by atoms with Crippen molar-refractivity contribution in [2.45, 2.75) is 10.6 Å². The molecule has 0 aliphatic carbocycles. The molecule has 98 valence electrons. The molecule has 0 radical (unpaired) electrons. The first kappa shape index (κ1) is 14.0. The first-order valence-corrected chi connectivity index (χ1v) is 7.63. The topological polar surface area (TPSA) is 54.4 Å². The van der Waals surface area contributed by atoms with E-state index >= 15 is 0 Å². The van der Waals surface area contributed by atoms with Crippen molar-refractivity contribution in [1.82, 2.24) is 0 Å². The van der Waals surface area contributed by atoms with E-state index in [0.717, 1.165) is 14.9 Å². The van der Waals surface area contributed by atoms with Crippen molar-refractivity contribution < 1.29 is 14.1 Å². The van der Waals surface area contributed by atoms with Gasteiger partial charge in [-0.15, -0.1) is 0 Å². The molecule has 0 bridgehead atoms. The Labute approximate surface area is 121 Å². The summed E-state index contributed by atoms with van der Waals surface area (Å²) in [5.41, 5.74) is 1.08. The molecular formula is C14H11BrO3S. The van der Waals surface area contributed by atoms with E-state index in [1.54, 1.807) is 12.1 Å². The van der Waals surface area contributed by atoms with Crippen LogP contribution in [-0.2, 0) is 16.6 Å². The molecule has 2 aromatic carbocycles. The van der Waals surface area contributed by atoms with Crippen LogP contribution in [0, 0.1) is 0 Å². The van der Waals surface area contributed by atoms with Crippen molar-refractivity contribution in [3.05, 3.63) is 64.1 Å². The monoisotopic (exact) mass is 338 g/mol. The number of rotatable bonds is 4. The largest absolute Gasteiger partial charge is 0.478 e. The standard InChI is InChI=1S/C14H11BrO3S/c15-12-2-1-3-13(8-12)19(18)9-10-4-6-11(7-5-10)14(16)17/h1-8H,9H2,(H,16,17).